The quantitative estimate of drug-likeness (QED) is 0.286. The second kappa shape index (κ2) is 10.3. The number of aliphatic imine (C=N–C) groups is 1. The van der Waals surface area contributed by atoms with Crippen molar-refractivity contribution in [3.05, 3.63) is 24.4 Å². The minimum atomic E-state index is 0. The van der Waals surface area contributed by atoms with Gasteiger partial charge in [0.25, 0.3) is 0 Å². The molecule has 146 valence electrons. The van der Waals surface area contributed by atoms with Gasteiger partial charge in [-0.2, -0.15) is 0 Å². The van der Waals surface area contributed by atoms with E-state index >= 15 is 0 Å². The van der Waals surface area contributed by atoms with E-state index in [1.807, 2.05) is 25.4 Å². The number of nitrogens with zero attached hydrogens (tertiary/aromatic N) is 4. The molecule has 0 radical (unpaired) electrons. The number of pyridine rings is 1. The van der Waals surface area contributed by atoms with E-state index in [9.17, 15) is 0 Å². The van der Waals surface area contributed by atoms with Crippen LogP contribution in [-0.2, 0) is 4.74 Å². The molecular weight excluding hydrogens is 441 g/mol. The maximum atomic E-state index is 5.53. The van der Waals surface area contributed by atoms with Gasteiger partial charge < -0.3 is 19.9 Å². The average Bonchev–Trinajstić information content (AvgIpc) is 3.44. The van der Waals surface area contributed by atoms with Crippen LogP contribution in [0.15, 0.2) is 29.4 Å². The molecule has 2 aliphatic rings. The first-order chi connectivity index (χ1) is 12.3. The van der Waals surface area contributed by atoms with Gasteiger partial charge in [-0.3, -0.25) is 4.99 Å². The van der Waals surface area contributed by atoms with Crippen molar-refractivity contribution in [3.8, 4) is 0 Å². The van der Waals surface area contributed by atoms with E-state index < -0.39 is 0 Å². The van der Waals surface area contributed by atoms with Crippen molar-refractivity contribution in [1.29, 1.82) is 0 Å². The van der Waals surface area contributed by atoms with Gasteiger partial charge in [0.05, 0.1) is 0 Å². The zero-order chi connectivity index (χ0) is 17.5. The molecule has 2 fully saturated rings. The lowest BCUT2D eigenvalue weighted by molar-refractivity contribution is 0.128. The fourth-order valence-electron chi connectivity index (χ4n) is 3.41. The van der Waals surface area contributed by atoms with Crippen molar-refractivity contribution in [2.45, 2.75) is 26.2 Å². The number of halogens is 1. The molecule has 1 aromatic rings. The summed E-state index contributed by atoms with van der Waals surface area (Å²) in [6.07, 6.45) is 5.62. The minimum absolute atomic E-state index is 0. The molecule has 0 bridgehead atoms. The van der Waals surface area contributed by atoms with Crippen LogP contribution in [0.25, 0.3) is 0 Å². The molecule has 1 saturated heterocycles. The van der Waals surface area contributed by atoms with Crippen LogP contribution >= 0.6 is 24.0 Å². The van der Waals surface area contributed by atoms with Crippen LogP contribution < -0.4 is 10.2 Å². The molecule has 0 amide bonds. The number of anilines is 1. The predicted octanol–water partition coefficient (Wildman–Crippen LogP) is 2.60. The van der Waals surface area contributed by atoms with Crippen LogP contribution in [0.1, 0.15) is 26.2 Å². The van der Waals surface area contributed by atoms with E-state index in [0.717, 1.165) is 64.1 Å². The summed E-state index contributed by atoms with van der Waals surface area (Å²) in [5, 5.41) is 3.61. The highest BCUT2D eigenvalue weighted by atomic mass is 127. The maximum Gasteiger partial charge on any atom is 0.193 e. The highest BCUT2D eigenvalue weighted by Crippen LogP contribution is 2.48. The van der Waals surface area contributed by atoms with Gasteiger partial charge in [0, 0.05) is 59.2 Å². The molecule has 0 spiro atoms. The summed E-state index contributed by atoms with van der Waals surface area (Å²) >= 11 is 0. The lowest BCUT2D eigenvalue weighted by Gasteiger charge is -2.37. The normalized spacial score (nSPS) is 19.1. The standard InChI is InChI=1S/C19H31N5O.HI/c1-3-25-15-9-19(7-8-19)16-22-18(20-2)24-13-11-23(12-14-24)17-6-4-5-10-21-17;/h4-6,10H,3,7-9,11-16H2,1-2H3,(H,20,22);1H. The predicted molar refractivity (Wildman–Crippen MR) is 118 cm³/mol. The summed E-state index contributed by atoms with van der Waals surface area (Å²) in [6.45, 7) is 8.66. The van der Waals surface area contributed by atoms with E-state index in [1.165, 1.54) is 12.8 Å². The van der Waals surface area contributed by atoms with Gasteiger partial charge in [-0.05, 0) is 43.7 Å². The van der Waals surface area contributed by atoms with Gasteiger partial charge in [0.15, 0.2) is 5.96 Å². The van der Waals surface area contributed by atoms with Crippen molar-refractivity contribution in [2.24, 2.45) is 10.4 Å². The first-order valence-electron chi connectivity index (χ1n) is 9.46. The molecule has 0 atom stereocenters. The Balaban J connectivity index is 0.00000243. The third-order valence-electron chi connectivity index (χ3n) is 5.32. The van der Waals surface area contributed by atoms with Crippen molar-refractivity contribution in [1.82, 2.24) is 15.2 Å². The fraction of sp³-hybridized carbons (Fsp3) is 0.684. The van der Waals surface area contributed by atoms with E-state index in [4.69, 9.17) is 4.74 Å². The van der Waals surface area contributed by atoms with Crippen LogP contribution in [0.5, 0.6) is 0 Å². The smallest absolute Gasteiger partial charge is 0.193 e. The first-order valence-corrected chi connectivity index (χ1v) is 9.46. The SMILES string of the molecule is CCOCCC1(CNC(=NC)N2CCN(c3ccccn3)CC2)CC1.I. The van der Waals surface area contributed by atoms with E-state index in [1.54, 1.807) is 0 Å². The van der Waals surface area contributed by atoms with Gasteiger partial charge in [0.1, 0.15) is 5.82 Å². The van der Waals surface area contributed by atoms with Gasteiger partial charge in [-0.25, -0.2) is 4.98 Å². The number of ether oxygens (including phenoxy) is 1. The van der Waals surface area contributed by atoms with Crippen molar-refractivity contribution < 1.29 is 4.74 Å². The Bertz CT molecular complexity index is 556. The van der Waals surface area contributed by atoms with Crippen LogP contribution in [0.4, 0.5) is 5.82 Å². The Kier molecular flexibility index (Phi) is 8.40. The van der Waals surface area contributed by atoms with Gasteiger partial charge >= 0.3 is 0 Å². The maximum absolute atomic E-state index is 5.53. The molecular formula is C19H32IN5O. The molecule has 6 nitrogen and oxygen atoms in total. The van der Waals surface area contributed by atoms with E-state index in [2.05, 4.69) is 38.1 Å². The Morgan fingerprint density at radius 1 is 1.27 bits per heavy atom. The molecule has 0 unspecified atom stereocenters. The first kappa shape index (κ1) is 21.2. The van der Waals surface area contributed by atoms with Gasteiger partial charge in [-0.15, -0.1) is 24.0 Å². The number of hydrogen-bond acceptors (Lipinski definition) is 4. The number of rotatable bonds is 7. The Hall–Kier alpha value is -1.09. The lowest BCUT2D eigenvalue weighted by atomic mass is 10.0. The Labute approximate surface area is 174 Å². The lowest BCUT2D eigenvalue weighted by Crippen LogP contribution is -2.53. The van der Waals surface area contributed by atoms with Crippen molar-refractivity contribution in [2.75, 3.05) is 57.9 Å². The zero-order valence-electron chi connectivity index (χ0n) is 16.0. The van der Waals surface area contributed by atoms with Crippen LogP contribution in [0.2, 0.25) is 0 Å². The average molecular weight is 473 g/mol. The number of nitrogens with one attached hydrogen (secondary N) is 1. The summed E-state index contributed by atoms with van der Waals surface area (Å²) < 4.78 is 5.53. The second-order valence-corrected chi connectivity index (χ2v) is 7.01. The molecule has 1 N–H and O–H groups in total. The van der Waals surface area contributed by atoms with Crippen LogP contribution in [0, 0.1) is 5.41 Å². The van der Waals surface area contributed by atoms with Crippen LogP contribution in [-0.4, -0.2) is 68.8 Å². The second-order valence-electron chi connectivity index (χ2n) is 7.01. The van der Waals surface area contributed by atoms with Gasteiger partial charge in [0.2, 0.25) is 0 Å². The van der Waals surface area contributed by atoms with Gasteiger partial charge in [-0.1, -0.05) is 6.07 Å². The third kappa shape index (κ3) is 5.70. The molecule has 7 heteroatoms. The summed E-state index contributed by atoms with van der Waals surface area (Å²) in [6, 6.07) is 6.09. The molecule has 1 aromatic heterocycles. The Morgan fingerprint density at radius 3 is 2.62 bits per heavy atom. The highest BCUT2D eigenvalue weighted by molar-refractivity contribution is 14.0. The molecule has 1 aliphatic heterocycles. The minimum Gasteiger partial charge on any atom is -0.382 e. The summed E-state index contributed by atoms with van der Waals surface area (Å²) in [5.41, 5.74) is 0.431. The molecule has 0 aromatic carbocycles. The highest BCUT2D eigenvalue weighted by Gasteiger charge is 2.42. The Morgan fingerprint density at radius 2 is 2.04 bits per heavy atom. The number of hydrogen-bond donors (Lipinski definition) is 1. The molecule has 2 heterocycles. The topological polar surface area (TPSA) is 53.0 Å². The third-order valence-corrected chi connectivity index (χ3v) is 5.32. The van der Waals surface area contributed by atoms with E-state index in [0.29, 0.717) is 5.41 Å². The molecule has 1 saturated carbocycles. The molecule has 3 rings (SSSR count). The summed E-state index contributed by atoms with van der Waals surface area (Å²) in [5.74, 6) is 2.10. The van der Waals surface area contributed by atoms with Crippen molar-refractivity contribution in [3.63, 3.8) is 0 Å². The molecule has 1 aliphatic carbocycles. The number of guanidine groups is 1. The van der Waals surface area contributed by atoms with E-state index in [-0.39, 0.29) is 24.0 Å². The fourth-order valence-corrected chi connectivity index (χ4v) is 3.41. The monoisotopic (exact) mass is 473 g/mol. The molecule has 26 heavy (non-hydrogen) atoms. The van der Waals surface area contributed by atoms with Crippen LogP contribution in [0.3, 0.4) is 0 Å². The largest absolute Gasteiger partial charge is 0.382 e. The number of aromatic nitrogens is 1. The number of piperazine rings is 1. The summed E-state index contributed by atoms with van der Waals surface area (Å²) in [4.78, 5) is 13.7. The zero-order valence-corrected chi connectivity index (χ0v) is 18.3. The van der Waals surface area contributed by atoms with Crippen molar-refractivity contribution >= 4 is 35.8 Å². The summed E-state index contributed by atoms with van der Waals surface area (Å²) in [7, 11) is 1.88.